The number of carbonyl (C=O) groups excluding carboxylic acids is 4. The smallest absolute Gasteiger partial charge is 0.408 e. The molecule has 0 radical (unpaired) electrons. The molecule has 5 rings (SSSR count). The zero-order chi connectivity index (χ0) is 37.5. The summed E-state index contributed by atoms with van der Waals surface area (Å²) in [5.74, 6) is -2.05. The highest BCUT2D eigenvalue weighted by Crippen LogP contribution is 2.45. The zero-order valence-electron chi connectivity index (χ0n) is 30.3. The predicted molar refractivity (Wildman–Crippen MR) is 191 cm³/mol. The van der Waals surface area contributed by atoms with Gasteiger partial charge in [0.1, 0.15) is 35.1 Å². The Labute approximate surface area is 300 Å². The van der Waals surface area contributed by atoms with Gasteiger partial charge < -0.3 is 25.0 Å². The number of aryl methyl sites for hydroxylation is 1. The highest BCUT2D eigenvalue weighted by molar-refractivity contribution is 7.91. The second-order valence-corrected chi connectivity index (χ2v) is 17.8. The molecule has 14 heteroatoms. The van der Waals surface area contributed by atoms with Gasteiger partial charge in [0.15, 0.2) is 0 Å². The lowest BCUT2D eigenvalue weighted by Crippen LogP contribution is -2.60. The molecule has 2 saturated carbocycles. The number of pyridine rings is 1. The minimum atomic E-state index is -3.89. The molecular formula is C37H49N5O8S. The second kappa shape index (κ2) is 13.9. The highest BCUT2D eigenvalue weighted by atomic mass is 32.2. The monoisotopic (exact) mass is 723 g/mol. The van der Waals surface area contributed by atoms with E-state index < -0.39 is 79.7 Å². The van der Waals surface area contributed by atoms with Gasteiger partial charge in [0, 0.05) is 35.7 Å². The lowest BCUT2D eigenvalue weighted by atomic mass is 9.85. The average molecular weight is 724 g/mol. The molecule has 2 aromatic rings. The molecule has 1 aromatic carbocycles. The Bertz CT molecular complexity index is 1800. The number of alkyl carbamates (subject to hydrolysis) is 1. The fourth-order valence-corrected chi connectivity index (χ4v) is 7.65. The maximum atomic E-state index is 14.4. The summed E-state index contributed by atoms with van der Waals surface area (Å²) in [6, 6.07) is 10.9. The van der Waals surface area contributed by atoms with E-state index >= 15 is 0 Å². The first-order valence-electron chi connectivity index (χ1n) is 17.2. The summed E-state index contributed by atoms with van der Waals surface area (Å²) >= 11 is 0. The number of carbonyl (C=O) groups is 4. The quantitative estimate of drug-likeness (QED) is 0.290. The Morgan fingerprint density at radius 2 is 1.73 bits per heavy atom. The number of hydrogen-bond acceptors (Lipinski definition) is 9. The molecule has 3 fully saturated rings. The van der Waals surface area contributed by atoms with E-state index in [1.807, 2.05) is 37.3 Å². The Kier molecular flexibility index (Phi) is 10.3. The summed E-state index contributed by atoms with van der Waals surface area (Å²) in [5, 5.41) is 4.86. The van der Waals surface area contributed by atoms with Crippen LogP contribution in [0.1, 0.15) is 72.9 Å². The molecule has 5 atom stereocenters. The molecule has 1 unspecified atom stereocenters. The number of nitrogens with one attached hydrogen (secondary N) is 3. The van der Waals surface area contributed by atoms with E-state index in [9.17, 15) is 27.6 Å². The van der Waals surface area contributed by atoms with Gasteiger partial charge in [-0.25, -0.2) is 13.2 Å². The van der Waals surface area contributed by atoms with Crippen molar-refractivity contribution in [1.82, 2.24) is 25.2 Å². The highest BCUT2D eigenvalue weighted by Gasteiger charge is 2.62. The number of sulfonamides is 1. The first-order chi connectivity index (χ1) is 23.7. The number of hydrogen-bond donors (Lipinski definition) is 3. The van der Waals surface area contributed by atoms with Gasteiger partial charge >= 0.3 is 6.09 Å². The lowest BCUT2D eigenvalue weighted by Gasteiger charge is -2.36. The van der Waals surface area contributed by atoms with Crippen LogP contribution in [0.25, 0.3) is 11.3 Å². The van der Waals surface area contributed by atoms with E-state index in [4.69, 9.17) is 9.47 Å². The molecule has 2 heterocycles. The normalized spacial score (nSPS) is 23.8. The van der Waals surface area contributed by atoms with Crippen molar-refractivity contribution in [2.24, 2.45) is 11.3 Å². The summed E-state index contributed by atoms with van der Waals surface area (Å²) in [5.41, 5.74) is -0.873. The van der Waals surface area contributed by atoms with Crippen LogP contribution in [0, 0.1) is 18.3 Å². The molecule has 0 bridgehead atoms. The fraction of sp³-hybridized carbons (Fsp3) is 0.541. The van der Waals surface area contributed by atoms with Crippen molar-refractivity contribution in [3.63, 3.8) is 0 Å². The standard InChI is InChI=1S/C37H49N5O8S/c1-9-24-20-37(24,33(45)41-51(47,48)27-15-16-27)40-31(43)29-19-26(49-25-17-22(2)38-28(18-25)23-13-11-10-12-14-23)21-42(29)32(44)30(35(3,4)5)39-34(46)50-36(6,7)8/h9-14,17-18,24,26-27,29-30H,1,15-16,19-21H2,2-8H3,(H,39,46)(H,40,43)(H,41,45)/t24-,26?,29+,30-,37-/m1/s1. The molecule has 3 N–H and O–H groups in total. The number of amides is 4. The maximum Gasteiger partial charge on any atom is 0.408 e. The summed E-state index contributed by atoms with van der Waals surface area (Å²) in [7, 11) is -3.89. The molecule has 13 nitrogen and oxygen atoms in total. The van der Waals surface area contributed by atoms with Gasteiger partial charge in [0.2, 0.25) is 21.8 Å². The van der Waals surface area contributed by atoms with Crippen LogP contribution < -0.4 is 20.1 Å². The minimum absolute atomic E-state index is 0.0122. The Balaban J connectivity index is 1.43. The van der Waals surface area contributed by atoms with E-state index in [2.05, 4.69) is 26.9 Å². The molecule has 4 amide bonds. The fourth-order valence-electron chi connectivity index (χ4n) is 6.29. The van der Waals surface area contributed by atoms with Crippen LogP contribution in [0.4, 0.5) is 4.79 Å². The van der Waals surface area contributed by atoms with Gasteiger partial charge in [-0.3, -0.25) is 24.1 Å². The lowest BCUT2D eigenvalue weighted by molar-refractivity contribution is -0.143. The average Bonchev–Trinajstić information content (AvgIpc) is 3.95. The summed E-state index contributed by atoms with van der Waals surface area (Å²) < 4.78 is 39.4. The zero-order valence-corrected chi connectivity index (χ0v) is 31.1. The third-order valence-electron chi connectivity index (χ3n) is 9.17. The van der Waals surface area contributed by atoms with E-state index in [1.54, 1.807) is 53.7 Å². The molecule has 276 valence electrons. The van der Waals surface area contributed by atoms with Crippen molar-refractivity contribution >= 4 is 33.8 Å². The van der Waals surface area contributed by atoms with Crippen LogP contribution >= 0.6 is 0 Å². The van der Waals surface area contributed by atoms with Crippen molar-refractivity contribution in [2.45, 2.75) is 109 Å². The summed E-state index contributed by atoms with van der Waals surface area (Å²) in [6.45, 7) is 16.1. The molecule has 0 spiro atoms. The number of nitrogens with zero attached hydrogens (tertiary/aromatic N) is 2. The predicted octanol–water partition coefficient (Wildman–Crippen LogP) is 4.01. The van der Waals surface area contributed by atoms with E-state index in [-0.39, 0.29) is 19.4 Å². The van der Waals surface area contributed by atoms with Crippen LogP contribution in [-0.4, -0.2) is 83.2 Å². The molecular weight excluding hydrogens is 675 g/mol. The summed E-state index contributed by atoms with van der Waals surface area (Å²) in [4.78, 5) is 61.0. The number of rotatable bonds is 11. The van der Waals surface area contributed by atoms with Crippen LogP contribution in [0.15, 0.2) is 55.1 Å². The first-order valence-corrected chi connectivity index (χ1v) is 18.8. The van der Waals surface area contributed by atoms with Gasteiger partial charge in [-0.05, 0) is 52.4 Å². The topological polar surface area (TPSA) is 173 Å². The van der Waals surface area contributed by atoms with Gasteiger partial charge in [0.05, 0.1) is 17.5 Å². The van der Waals surface area contributed by atoms with Gasteiger partial charge in [-0.2, -0.15) is 0 Å². The van der Waals surface area contributed by atoms with Gasteiger partial charge in [-0.1, -0.05) is 57.2 Å². The Morgan fingerprint density at radius 3 is 2.29 bits per heavy atom. The molecule has 51 heavy (non-hydrogen) atoms. The van der Waals surface area contributed by atoms with Crippen molar-refractivity contribution in [3.8, 4) is 17.0 Å². The second-order valence-electron chi connectivity index (χ2n) is 15.8. The van der Waals surface area contributed by atoms with Crippen LogP contribution in [0.2, 0.25) is 0 Å². The summed E-state index contributed by atoms with van der Waals surface area (Å²) in [6.07, 6.45) is 1.18. The molecule has 1 saturated heterocycles. The Morgan fingerprint density at radius 1 is 1.06 bits per heavy atom. The Hall–Kier alpha value is -4.46. The molecule has 1 aliphatic heterocycles. The first kappa shape index (κ1) is 37.8. The van der Waals surface area contributed by atoms with Gasteiger partial charge in [-0.15, -0.1) is 6.58 Å². The molecule has 1 aromatic heterocycles. The number of aromatic nitrogens is 1. The van der Waals surface area contributed by atoms with Crippen LogP contribution in [0.3, 0.4) is 0 Å². The van der Waals surface area contributed by atoms with Crippen LogP contribution in [-0.2, 0) is 29.1 Å². The van der Waals surface area contributed by atoms with Crippen molar-refractivity contribution in [3.05, 3.63) is 60.8 Å². The number of ether oxygens (including phenoxy) is 2. The molecule has 3 aliphatic rings. The van der Waals surface area contributed by atoms with Crippen molar-refractivity contribution < 1.29 is 37.1 Å². The van der Waals surface area contributed by atoms with Crippen molar-refractivity contribution in [1.29, 1.82) is 0 Å². The third-order valence-corrected chi connectivity index (χ3v) is 11.0. The molecule has 2 aliphatic carbocycles. The third kappa shape index (κ3) is 8.89. The van der Waals surface area contributed by atoms with Crippen molar-refractivity contribution in [2.75, 3.05) is 6.54 Å². The SMILES string of the molecule is C=C[C@@H]1C[C@]1(NC(=O)[C@@H]1CC(Oc2cc(C)nc(-c3ccccc3)c2)CN1C(=O)[C@@H](NC(=O)OC(C)(C)C)C(C)(C)C)C(=O)NS(=O)(=O)C1CC1. The number of benzene rings is 1. The van der Waals surface area contributed by atoms with E-state index in [1.165, 1.54) is 11.0 Å². The van der Waals surface area contributed by atoms with E-state index in [0.29, 0.717) is 30.0 Å². The van der Waals surface area contributed by atoms with E-state index in [0.717, 1.165) is 5.56 Å². The van der Waals surface area contributed by atoms with Gasteiger partial charge in [0.25, 0.3) is 5.91 Å². The minimum Gasteiger partial charge on any atom is -0.488 e. The van der Waals surface area contributed by atoms with Crippen LogP contribution in [0.5, 0.6) is 5.75 Å². The maximum absolute atomic E-state index is 14.4. The number of likely N-dealkylation sites (tertiary alicyclic amines) is 1. The largest absolute Gasteiger partial charge is 0.488 e.